The summed E-state index contributed by atoms with van der Waals surface area (Å²) in [6, 6.07) is 7.85. The number of fused-ring (bicyclic) bond motifs is 1. The summed E-state index contributed by atoms with van der Waals surface area (Å²) in [7, 11) is 0. The number of nitrogens with one attached hydrogen (secondary N) is 1. The van der Waals surface area contributed by atoms with Gasteiger partial charge in [0.2, 0.25) is 0 Å². The monoisotopic (exact) mass is 216 g/mol. The summed E-state index contributed by atoms with van der Waals surface area (Å²) < 4.78 is 0. The molecule has 1 aromatic carbocycles. The number of carboxylic acids is 1. The third kappa shape index (κ3) is 1.10. The SMILES string of the molecule is N[C@@]1(C(=O)O)C[C@@H]1c1c[nH]c2ccccc12. The molecule has 4 N–H and O–H groups in total. The van der Waals surface area contributed by atoms with Gasteiger partial charge in [-0.05, 0) is 18.1 Å². The van der Waals surface area contributed by atoms with Crippen molar-refractivity contribution >= 4 is 16.9 Å². The number of rotatable bonds is 2. The van der Waals surface area contributed by atoms with Crippen molar-refractivity contribution in [2.75, 3.05) is 0 Å². The third-order valence-corrected chi connectivity index (χ3v) is 3.40. The van der Waals surface area contributed by atoms with Crippen molar-refractivity contribution in [3.8, 4) is 0 Å². The van der Waals surface area contributed by atoms with Gasteiger partial charge in [0.15, 0.2) is 0 Å². The van der Waals surface area contributed by atoms with Crippen molar-refractivity contribution < 1.29 is 9.90 Å². The van der Waals surface area contributed by atoms with E-state index in [4.69, 9.17) is 10.8 Å². The molecule has 0 unspecified atom stereocenters. The topological polar surface area (TPSA) is 79.1 Å². The van der Waals surface area contributed by atoms with E-state index in [0.29, 0.717) is 6.42 Å². The number of aromatic amines is 1. The highest BCUT2D eigenvalue weighted by molar-refractivity contribution is 5.90. The van der Waals surface area contributed by atoms with Crippen molar-refractivity contribution in [3.05, 3.63) is 36.0 Å². The van der Waals surface area contributed by atoms with Gasteiger partial charge in [-0.3, -0.25) is 4.79 Å². The molecule has 2 atom stereocenters. The maximum Gasteiger partial charge on any atom is 0.324 e. The van der Waals surface area contributed by atoms with Crippen LogP contribution >= 0.6 is 0 Å². The molecule has 16 heavy (non-hydrogen) atoms. The highest BCUT2D eigenvalue weighted by atomic mass is 16.4. The minimum Gasteiger partial charge on any atom is -0.480 e. The fraction of sp³-hybridized carbons (Fsp3) is 0.250. The molecule has 0 spiro atoms. The molecule has 1 heterocycles. The summed E-state index contributed by atoms with van der Waals surface area (Å²) >= 11 is 0. The summed E-state index contributed by atoms with van der Waals surface area (Å²) in [5.74, 6) is -0.982. The molecule has 1 fully saturated rings. The number of aromatic nitrogens is 1. The first-order chi connectivity index (χ1) is 7.63. The number of benzene rings is 1. The van der Waals surface area contributed by atoms with Gasteiger partial charge in [-0.2, -0.15) is 0 Å². The van der Waals surface area contributed by atoms with Crippen LogP contribution in [0.5, 0.6) is 0 Å². The van der Waals surface area contributed by atoms with E-state index in [-0.39, 0.29) is 5.92 Å². The molecule has 1 aliphatic rings. The Morgan fingerprint density at radius 1 is 1.50 bits per heavy atom. The zero-order valence-corrected chi connectivity index (χ0v) is 8.60. The van der Waals surface area contributed by atoms with E-state index in [9.17, 15) is 4.79 Å². The van der Waals surface area contributed by atoms with Gasteiger partial charge in [0.25, 0.3) is 0 Å². The van der Waals surface area contributed by atoms with Crippen molar-refractivity contribution in [1.82, 2.24) is 4.98 Å². The largest absolute Gasteiger partial charge is 0.480 e. The number of carbonyl (C=O) groups is 1. The summed E-state index contributed by atoms with van der Waals surface area (Å²) in [6.07, 6.45) is 2.39. The Bertz CT molecular complexity index is 575. The molecular formula is C12H12N2O2. The molecule has 2 aromatic rings. The van der Waals surface area contributed by atoms with Gasteiger partial charge >= 0.3 is 5.97 Å². The number of H-pyrrole nitrogens is 1. The Morgan fingerprint density at radius 3 is 2.94 bits per heavy atom. The Hall–Kier alpha value is -1.81. The molecular weight excluding hydrogens is 204 g/mol. The average Bonchev–Trinajstić information content (AvgIpc) is 2.80. The second-order valence-corrected chi connectivity index (χ2v) is 4.39. The van der Waals surface area contributed by atoms with E-state index in [0.717, 1.165) is 16.5 Å². The van der Waals surface area contributed by atoms with Gasteiger partial charge in [-0.15, -0.1) is 0 Å². The van der Waals surface area contributed by atoms with Crippen LogP contribution in [-0.2, 0) is 4.79 Å². The molecule has 0 bridgehead atoms. The lowest BCUT2D eigenvalue weighted by Crippen LogP contribution is -2.34. The number of hydrogen-bond acceptors (Lipinski definition) is 2. The van der Waals surface area contributed by atoms with Crippen LogP contribution in [0.4, 0.5) is 0 Å². The summed E-state index contributed by atoms with van der Waals surface area (Å²) in [5.41, 5.74) is 6.78. The number of nitrogens with two attached hydrogens (primary N) is 1. The Morgan fingerprint density at radius 2 is 2.25 bits per heavy atom. The molecule has 1 saturated carbocycles. The molecule has 1 aromatic heterocycles. The molecule has 3 rings (SSSR count). The summed E-state index contributed by atoms with van der Waals surface area (Å²) in [5, 5.41) is 10.1. The van der Waals surface area contributed by atoms with E-state index < -0.39 is 11.5 Å². The fourth-order valence-corrected chi connectivity index (χ4v) is 2.28. The minimum atomic E-state index is -1.06. The van der Waals surface area contributed by atoms with Crippen LogP contribution in [0.3, 0.4) is 0 Å². The fourth-order valence-electron chi connectivity index (χ4n) is 2.28. The Kier molecular flexibility index (Phi) is 1.68. The molecule has 82 valence electrons. The van der Waals surface area contributed by atoms with E-state index in [1.807, 2.05) is 30.5 Å². The minimum absolute atomic E-state index is 0.0684. The maximum absolute atomic E-state index is 11.0. The van der Waals surface area contributed by atoms with Crippen LogP contribution < -0.4 is 5.73 Å². The van der Waals surface area contributed by atoms with Crippen molar-refractivity contribution in [2.45, 2.75) is 17.9 Å². The highest BCUT2D eigenvalue weighted by Crippen LogP contribution is 2.51. The highest BCUT2D eigenvalue weighted by Gasteiger charge is 2.58. The van der Waals surface area contributed by atoms with Crippen molar-refractivity contribution in [1.29, 1.82) is 0 Å². The average molecular weight is 216 g/mol. The molecule has 0 radical (unpaired) electrons. The maximum atomic E-state index is 11.0. The zero-order valence-electron chi connectivity index (χ0n) is 8.60. The van der Waals surface area contributed by atoms with Crippen LogP contribution in [-0.4, -0.2) is 21.6 Å². The van der Waals surface area contributed by atoms with E-state index in [1.165, 1.54) is 0 Å². The molecule has 0 saturated heterocycles. The summed E-state index contributed by atoms with van der Waals surface area (Å²) in [4.78, 5) is 14.1. The normalized spacial score (nSPS) is 28.2. The van der Waals surface area contributed by atoms with Crippen molar-refractivity contribution in [2.24, 2.45) is 5.73 Å². The molecule has 4 heteroatoms. The number of hydrogen-bond donors (Lipinski definition) is 3. The second-order valence-electron chi connectivity index (χ2n) is 4.39. The van der Waals surface area contributed by atoms with Gasteiger partial charge in [-0.1, -0.05) is 18.2 Å². The van der Waals surface area contributed by atoms with Gasteiger partial charge in [0.1, 0.15) is 5.54 Å². The van der Waals surface area contributed by atoms with Crippen LogP contribution in [0, 0.1) is 0 Å². The molecule has 4 nitrogen and oxygen atoms in total. The third-order valence-electron chi connectivity index (χ3n) is 3.40. The van der Waals surface area contributed by atoms with E-state index in [1.54, 1.807) is 0 Å². The lowest BCUT2D eigenvalue weighted by molar-refractivity contribution is -0.139. The Balaban J connectivity index is 2.06. The molecule has 0 amide bonds. The van der Waals surface area contributed by atoms with Crippen LogP contribution in [0.15, 0.2) is 30.5 Å². The zero-order chi connectivity index (χ0) is 11.3. The lowest BCUT2D eigenvalue weighted by atomic mass is 10.1. The van der Waals surface area contributed by atoms with Crippen LogP contribution in [0.2, 0.25) is 0 Å². The first-order valence-corrected chi connectivity index (χ1v) is 5.21. The lowest BCUT2D eigenvalue weighted by Gasteiger charge is -2.03. The number of carboxylic acid groups (broad SMARTS) is 1. The Labute approximate surface area is 92.1 Å². The smallest absolute Gasteiger partial charge is 0.324 e. The number of para-hydroxylation sites is 1. The predicted octanol–water partition coefficient (Wildman–Crippen LogP) is 1.44. The van der Waals surface area contributed by atoms with Gasteiger partial charge in [-0.25, -0.2) is 0 Å². The van der Waals surface area contributed by atoms with Crippen molar-refractivity contribution in [3.63, 3.8) is 0 Å². The van der Waals surface area contributed by atoms with Crippen LogP contribution in [0.1, 0.15) is 17.9 Å². The molecule has 1 aliphatic carbocycles. The second kappa shape index (κ2) is 2.86. The predicted molar refractivity (Wildman–Crippen MR) is 60.2 cm³/mol. The number of aliphatic carboxylic acids is 1. The van der Waals surface area contributed by atoms with Gasteiger partial charge in [0.05, 0.1) is 0 Å². The quantitative estimate of drug-likeness (QED) is 0.710. The first kappa shape index (κ1) is 9.42. The molecule has 0 aliphatic heterocycles. The van der Waals surface area contributed by atoms with Crippen LogP contribution in [0.25, 0.3) is 10.9 Å². The van der Waals surface area contributed by atoms with Gasteiger partial charge in [0, 0.05) is 23.0 Å². The van der Waals surface area contributed by atoms with E-state index >= 15 is 0 Å². The standard InChI is InChI=1S/C12H12N2O2/c13-12(11(15)16)5-9(12)8-6-14-10-4-2-1-3-7(8)10/h1-4,6,9,14H,5,13H2,(H,15,16)/t9-,12+/m1/s1. The summed E-state index contributed by atoms with van der Waals surface area (Å²) in [6.45, 7) is 0. The van der Waals surface area contributed by atoms with Gasteiger partial charge < -0.3 is 15.8 Å². The first-order valence-electron chi connectivity index (χ1n) is 5.21. The van der Waals surface area contributed by atoms with E-state index in [2.05, 4.69) is 4.98 Å².